The molecule has 0 unspecified atom stereocenters. The van der Waals surface area contributed by atoms with Crippen molar-refractivity contribution in [3.05, 3.63) is 34.0 Å². The molecule has 0 radical (unpaired) electrons. The molecule has 3 N–H and O–H groups in total. The van der Waals surface area contributed by atoms with Crippen molar-refractivity contribution < 1.29 is 20.1 Å². The van der Waals surface area contributed by atoms with E-state index in [1.54, 1.807) is 6.92 Å². The zero-order valence-corrected chi connectivity index (χ0v) is 10.3. The van der Waals surface area contributed by atoms with Gasteiger partial charge in [-0.15, -0.1) is 0 Å². The molecule has 0 heterocycles. The predicted molar refractivity (Wildman–Crippen MR) is 65.5 cm³/mol. The summed E-state index contributed by atoms with van der Waals surface area (Å²) in [6.45, 7) is 8.36. The predicted octanol–water partition coefficient (Wildman–Crippen LogP) is 1.35. The van der Waals surface area contributed by atoms with Crippen LogP contribution in [0.3, 0.4) is 0 Å². The molecule has 98 valence electrons. The van der Waals surface area contributed by atoms with E-state index in [2.05, 4.69) is 4.85 Å². The maximum Gasteiger partial charge on any atom is 0.232 e. The van der Waals surface area contributed by atoms with E-state index in [1.165, 1.54) is 0 Å². The van der Waals surface area contributed by atoms with Gasteiger partial charge in [-0.3, -0.25) is 0 Å². The number of nitrogens with zero attached hydrogens (tertiary/aromatic N) is 1. The van der Waals surface area contributed by atoms with Gasteiger partial charge in [0.15, 0.2) is 5.78 Å². The van der Waals surface area contributed by atoms with E-state index < -0.39 is 0 Å². The largest absolute Gasteiger partial charge is 0.512 e. The Morgan fingerprint density at radius 2 is 2.00 bits per heavy atom. The second kappa shape index (κ2) is 6.34. The van der Waals surface area contributed by atoms with Crippen molar-refractivity contribution in [1.29, 1.82) is 0 Å². The summed E-state index contributed by atoms with van der Waals surface area (Å²) in [5.74, 6) is -0.601. The molecule has 1 aliphatic carbocycles. The van der Waals surface area contributed by atoms with Crippen LogP contribution in [-0.4, -0.2) is 34.3 Å². The highest BCUT2D eigenvalue weighted by Gasteiger charge is 2.25. The Kier molecular flexibility index (Phi) is 5.08. The molecule has 5 heteroatoms. The highest BCUT2D eigenvalue weighted by Crippen LogP contribution is 2.31. The molecule has 0 aromatic heterocycles. The monoisotopic (exact) mass is 251 g/mol. The third kappa shape index (κ3) is 2.97. The number of carbonyl (C=O) groups is 1. The van der Waals surface area contributed by atoms with Crippen LogP contribution in [0, 0.1) is 12.5 Å². The van der Waals surface area contributed by atoms with E-state index in [0.717, 1.165) is 0 Å². The molecule has 1 rings (SSSR count). The van der Waals surface area contributed by atoms with Crippen molar-refractivity contribution >= 4 is 5.78 Å². The van der Waals surface area contributed by atoms with Gasteiger partial charge in [-0.05, 0) is 30.9 Å². The molecule has 18 heavy (non-hydrogen) atoms. The summed E-state index contributed by atoms with van der Waals surface area (Å²) in [4.78, 5) is 14.7. The number of Topliss-reactive ketones (excluding diaryl/α,β-unsaturated/α-hetero) is 1. The fourth-order valence-electron chi connectivity index (χ4n) is 1.98. The first-order chi connectivity index (χ1) is 8.54. The molecule has 0 aliphatic heterocycles. The Hall–Kier alpha value is -1.64. The Balaban J connectivity index is 2.88. The lowest BCUT2D eigenvalue weighted by Crippen LogP contribution is -2.15. The van der Waals surface area contributed by atoms with Crippen molar-refractivity contribution in [2.24, 2.45) is 5.92 Å². The molecule has 0 aromatic carbocycles. The van der Waals surface area contributed by atoms with Crippen LogP contribution in [0.25, 0.3) is 4.85 Å². The summed E-state index contributed by atoms with van der Waals surface area (Å²) in [5.41, 5.74) is 1.17. The number of aliphatic hydroxyl groups is 3. The maximum absolute atomic E-state index is 11.5. The molecular formula is C13H17NO4. The SMILES string of the molecule is [C-]#[N+]C1=C(C)C(CCC(CO)CO)=C(O)CC1=O. The summed E-state index contributed by atoms with van der Waals surface area (Å²) in [6, 6.07) is 0. The molecular weight excluding hydrogens is 234 g/mol. The van der Waals surface area contributed by atoms with Crippen molar-refractivity contribution in [1.82, 2.24) is 0 Å². The first-order valence-electron chi connectivity index (χ1n) is 5.79. The average Bonchev–Trinajstić information content (AvgIpc) is 2.34. The smallest absolute Gasteiger partial charge is 0.232 e. The van der Waals surface area contributed by atoms with Crippen LogP contribution in [0.15, 0.2) is 22.6 Å². The Bertz CT molecular complexity index is 438. The van der Waals surface area contributed by atoms with E-state index in [-0.39, 0.29) is 42.8 Å². The molecule has 0 saturated heterocycles. The van der Waals surface area contributed by atoms with Gasteiger partial charge in [-0.1, -0.05) is 0 Å². The van der Waals surface area contributed by atoms with E-state index in [9.17, 15) is 9.90 Å². The van der Waals surface area contributed by atoms with E-state index in [1.807, 2.05) is 0 Å². The number of ketones is 1. The number of rotatable bonds is 5. The first-order valence-corrected chi connectivity index (χ1v) is 5.79. The van der Waals surface area contributed by atoms with Gasteiger partial charge in [0.2, 0.25) is 5.70 Å². The van der Waals surface area contributed by atoms with E-state index >= 15 is 0 Å². The molecule has 0 amide bonds. The third-order valence-electron chi connectivity index (χ3n) is 3.18. The molecule has 0 spiro atoms. The minimum absolute atomic E-state index is 0.000436. The van der Waals surface area contributed by atoms with Crippen LogP contribution in [0.4, 0.5) is 0 Å². The number of hydrogen-bond donors (Lipinski definition) is 3. The van der Waals surface area contributed by atoms with Crippen molar-refractivity contribution in [3.63, 3.8) is 0 Å². The van der Waals surface area contributed by atoms with Crippen LogP contribution >= 0.6 is 0 Å². The van der Waals surface area contributed by atoms with Crippen LogP contribution in [0.2, 0.25) is 0 Å². The highest BCUT2D eigenvalue weighted by molar-refractivity contribution is 6.01. The fourth-order valence-corrected chi connectivity index (χ4v) is 1.98. The number of carbonyl (C=O) groups excluding carboxylic acids is 1. The van der Waals surface area contributed by atoms with Crippen LogP contribution < -0.4 is 0 Å². The summed E-state index contributed by atoms with van der Waals surface area (Å²) in [5, 5.41) is 27.7. The first kappa shape index (κ1) is 14.4. The summed E-state index contributed by atoms with van der Waals surface area (Å²) in [7, 11) is 0. The van der Waals surface area contributed by atoms with Crippen LogP contribution in [-0.2, 0) is 4.79 Å². The number of hydrogen-bond acceptors (Lipinski definition) is 4. The third-order valence-corrected chi connectivity index (χ3v) is 3.18. The second-order valence-electron chi connectivity index (χ2n) is 4.38. The van der Waals surface area contributed by atoms with Gasteiger partial charge in [0, 0.05) is 19.1 Å². The molecule has 1 aliphatic rings. The van der Waals surface area contributed by atoms with Crippen LogP contribution in [0.5, 0.6) is 0 Å². The minimum atomic E-state index is -0.357. The summed E-state index contributed by atoms with van der Waals surface area (Å²) < 4.78 is 0. The van der Waals surface area contributed by atoms with Crippen molar-refractivity contribution in [2.75, 3.05) is 13.2 Å². The number of allylic oxidation sites excluding steroid dienone is 4. The lowest BCUT2D eigenvalue weighted by molar-refractivity contribution is -0.115. The van der Waals surface area contributed by atoms with E-state index in [4.69, 9.17) is 16.8 Å². The maximum atomic E-state index is 11.5. The van der Waals surface area contributed by atoms with Crippen molar-refractivity contribution in [2.45, 2.75) is 26.2 Å². The molecule has 0 saturated carbocycles. The highest BCUT2D eigenvalue weighted by atomic mass is 16.3. The van der Waals surface area contributed by atoms with Crippen molar-refractivity contribution in [3.8, 4) is 0 Å². The van der Waals surface area contributed by atoms with Crippen LogP contribution in [0.1, 0.15) is 26.2 Å². The van der Waals surface area contributed by atoms with Gasteiger partial charge in [0.25, 0.3) is 0 Å². The van der Waals surface area contributed by atoms with Gasteiger partial charge in [-0.2, -0.15) is 0 Å². The van der Waals surface area contributed by atoms with E-state index in [0.29, 0.717) is 24.0 Å². The number of aliphatic hydroxyl groups excluding tert-OH is 3. The quantitative estimate of drug-likeness (QED) is 0.644. The average molecular weight is 251 g/mol. The lowest BCUT2D eigenvalue weighted by Gasteiger charge is -2.19. The summed E-state index contributed by atoms with van der Waals surface area (Å²) in [6.07, 6.45) is 0.812. The van der Waals surface area contributed by atoms with Gasteiger partial charge in [0.1, 0.15) is 5.76 Å². The summed E-state index contributed by atoms with van der Waals surface area (Å²) >= 11 is 0. The Morgan fingerprint density at radius 1 is 1.39 bits per heavy atom. The fraction of sp³-hybridized carbons (Fsp3) is 0.538. The minimum Gasteiger partial charge on any atom is -0.512 e. The van der Waals surface area contributed by atoms with Gasteiger partial charge in [0.05, 0.1) is 13.0 Å². The topological polar surface area (TPSA) is 82.1 Å². The zero-order chi connectivity index (χ0) is 13.7. The van der Waals surface area contributed by atoms with Gasteiger partial charge >= 0.3 is 0 Å². The van der Waals surface area contributed by atoms with Gasteiger partial charge < -0.3 is 20.1 Å². The lowest BCUT2D eigenvalue weighted by atomic mass is 9.89. The molecule has 0 bridgehead atoms. The Labute approximate surface area is 106 Å². The molecule has 0 atom stereocenters. The zero-order valence-electron chi connectivity index (χ0n) is 10.3. The molecule has 0 aromatic rings. The molecule has 0 fully saturated rings. The standard InChI is InChI=1S/C13H17NO4/c1-8-10(4-3-9(6-15)7-16)11(17)5-12(18)13(8)14-2/h9,15-17H,3-7H2,1H3. The normalized spacial score (nSPS) is 16.5. The second-order valence-corrected chi connectivity index (χ2v) is 4.38. The Morgan fingerprint density at radius 3 is 2.50 bits per heavy atom. The molecule has 5 nitrogen and oxygen atoms in total. The van der Waals surface area contributed by atoms with Gasteiger partial charge in [-0.25, -0.2) is 4.85 Å².